The molecule has 1 radical (unpaired) electrons. The zero-order valence-electron chi connectivity index (χ0n) is 13.6. The van der Waals surface area contributed by atoms with Crippen LogP contribution in [0.1, 0.15) is 6.42 Å². The van der Waals surface area contributed by atoms with Crippen molar-refractivity contribution in [3.8, 4) is 5.75 Å². The molecule has 2 N–H and O–H groups in total. The van der Waals surface area contributed by atoms with E-state index in [9.17, 15) is 0 Å². The Kier molecular flexibility index (Phi) is 7.29. The second kappa shape index (κ2) is 9.22. The summed E-state index contributed by atoms with van der Waals surface area (Å²) in [5.74, 6) is 0.743. The Morgan fingerprint density at radius 3 is 2.57 bits per heavy atom. The summed E-state index contributed by atoms with van der Waals surface area (Å²) in [6.45, 7) is 2.91. The topological polar surface area (TPSA) is 38.5 Å². The number of nitrogens with zero attached hydrogens (tertiary/aromatic N) is 1. The van der Waals surface area contributed by atoms with Crippen LogP contribution in [-0.2, 0) is 0 Å². The van der Waals surface area contributed by atoms with Crippen LogP contribution < -0.4 is 15.9 Å². The molecular weight excluding hydrogens is 322 g/mol. The number of hydrogen-bond acceptors (Lipinski definition) is 4. The van der Waals surface area contributed by atoms with E-state index in [1.54, 1.807) is 11.8 Å². The van der Waals surface area contributed by atoms with Gasteiger partial charge in [-0.3, -0.25) is 0 Å². The summed E-state index contributed by atoms with van der Waals surface area (Å²) in [6, 6.07) is 16.2. The van der Waals surface area contributed by atoms with Crippen LogP contribution in [0.5, 0.6) is 5.75 Å². The van der Waals surface area contributed by atoms with Crippen molar-refractivity contribution in [1.29, 1.82) is 0 Å². The van der Waals surface area contributed by atoms with Gasteiger partial charge in [0.1, 0.15) is 11.2 Å². The van der Waals surface area contributed by atoms with E-state index in [1.165, 1.54) is 4.90 Å². The molecule has 0 saturated carbocycles. The first kappa shape index (κ1) is 18.2. The van der Waals surface area contributed by atoms with Gasteiger partial charge in [0.05, 0.1) is 5.69 Å². The number of nitrogens with two attached hydrogens (primary N) is 1. The highest BCUT2D eigenvalue weighted by Crippen LogP contribution is 2.30. The summed E-state index contributed by atoms with van der Waals surface area (Å²) in [7, 11) is 6.73. The normalized spacial score (nSPS) is 12.2. The zero-order chi connectivity index (χ0) is 16.7. The van der Waals surface area contributed by atoms with E-state index in [0.29, 0.717) is 5.69 Å². The quantitative estimate of drug-likeness (QED) is 0.263. The van der Waals surface area contributed by atoms with Crippen molar-refractivity contribution in [2.24, 2.45) is 0 Å². The number of hydrogen-bond donors (Lipinski definition) is 1. The van der Waals surface area contributed by atoms with Crippen LogP contribution in [0.3, 0.4) is 0 Å². The highest BCUT2D eigenvalue weighted by molar-refractivity contribution is 7.99. The smallest absolute Gasteiger partial charge is 0.178 e. The van der Waals surface area contributed by atoms with E-state index < -0.39 is 0 Å². The Hall–Kier alpha value is -1.16. The monoisotopic (exact) mass is 345 g/mol. The van der Waals surface area contributed by atoms with Crippen molar-refractivity contribution in [3.63, 3.8) is 0 Å². The fourth-order valence-electron chi connectivity index (χ4n) is 2.08. The molecule has 0 aromatic heterocycles. The van der Waals surface area contributed by atoms with Crippen molar-refractivity contribution >= 4 is 39.0 Å². The van der Waals surface area contributed by atoms with Crippen LogP contribution in [0.15, 0.2) is 53.4 Å². The maximum atomic E-state index is 6.19. The molecule has 0 aliphatic rings. The zero-order valence-corrected chi connectivity index (χ0v) is 15.6. The number of nitrogen functional groups attached to an aromatic ring is 1. The van der Waals surface area contributed by atoms with Gasteiger partial charge in [-0.25, -0.2) is 0 Å². The van der Waals surface area contributed by atoms with E-state index in [-0.39, 0.29) is 5.44 Å². The first-order valence-electron chi connectivity index (χ1n) is 7.56. The fraction of sp³-hybridized carbons (Fsp3) is 0.294. The van der Waals surface area contributed by atoms with Crippen molar-refractivity contribution in [2.75, 3.05) is 26.4 Å². The first-order chi connectivity index (χ1) is 11.1. The van der Waals surface area contributed by atoms with Crippen molar-refractivity contribution in [2.45, 2.75) is 16.8 Å². The SMILES string of the molecule is CN(C)CCC(Oc1ccc([B]P)cc1N)Sc1ccccc1. The maximum absolute atomic E-state index is 6.19. The molecule has 0 heterocycles. The van der Waals surface area contributed by atoms with Crippen LogP contribution in [0.4, 0.5) is 5.69 Å². The highest BCUT2D eigenvalue weighted by atomic mass is 32.2. The Balaban J connectivity index is 2.10. The van der Waals surface area contributed by atoms with E-state index >= 15 is 0 Å². The Morgan fingerprint density at radius 1 is 1.22 bits per heavy atom. The molecule has 2 atom stereocenters. The Labute approximate surface area is 146 Å². The minimum absolute atomic E-state index is 0.0212. The average molecular weight is 345 g/mol. The van der Waals surface area contributed by atoms with E-state index in [1.807, 2.05) is 43.4 Å². The van der Waals surface area contributed by atoms with Crippen molar-refractivity contribution in [1.82, 2.24) is 4.90 Å². The number of anilines is 1. The third kappa shape index (κ3) is 6.10. The lowest BCUT2D eigenvalue weighted by atomic mass is 9.94. The van der Waals surface area contributed by atoms with E-state index in [0.717, 1.165) is 24.2 Å². The number of ether oxygens (including phenoxy) is 1. The molecule has 0 bridgehead atoms. The van der Waals surface area contributed by atoms with Gasteiger partial charge in [-0.05, 0) is 38.4 Å². The maximum Gasteiger partial charge on any atom is 0.178 e. The summed E-state index contributed by atoms with van der Waals surface area (Å²) >= 11 is 1.73. The third-order valence-corrected chi connectivity index (χ3v) is 4.83. The van der Waals surface area contributed by atoms with Crippen molar-refractivity contribution in [3.05, 3.63) is 48.5 Å². The van der Waals surface area contributed by atoms with Gasteiger partial charge in [-0.2, -0.15) is 9.12 Å². The second-order valence-electron chi connectivity index (χ2n) is 5.53. The van der Waals surface area contributed by atoms with Crippen LogP contribution >= 0.6 is 20.9 Å². The van der Waals surface area contributed by atoms with Gasteiger partial charge in [0.25, 0.3) is 0 Å². The van der Waals surface area contributed by atoms with E-state index in [2.05, 4.69) is 40.2 Å². The van der Waals surface area contributed by atoms with Crippen LogP contribution in [-0.4, -0.2) is 38.0 Å². The summed E-state index contributed by atoms with van der Waals surface area (Å²) in [6.07, 6.45) is 0.920. The minimum atomic E-state index is 0.0212. The number of rotatable bonds is 8. The number of benzene rings is 2. The Morgan fingerprint density at radius 2 is 1.96 bits per heavy atom. The molecule has 2 aromatic rings. The van der Waals surface area contributed by atoms with Gasteiger partial charge in [-0.1, -0.05) is 41.5 Å². The molecular formula is C17H23BN2OPS. The highest BCUT2D eigenvalue weighted by Gasteiger charge is 2.14. The molecule has 121 valence electrons. The molecule has 23 heavy (non-hydrogen) atoms. The van der Waals surface area contributed by atoms with Gasteiger partial charge in [0.2, 0.25) is 0 Å². The van der Waals surface area contributed by atoms with Gasteiger partial charge in [0, 0.05) is 17.9 Å². The van der Waals surface area contributed by atoms with Crippen LogP contribution in [0.2, 0.25) is 0 Å². The lowest BCUT2D eigenvalue weighted by molar-refractivity contribution is 0.254. The largest absolute Gasteiger partial charge is 0.477 e. The molecule has 0 fully saturated rings. The standard InChI is InChI=1S/C17H23BN2OPS/c1-20(2)11-10-17(23-14-6-4-3-5-7-14)21-16-9-8-13(18-22)12-15(16)19/h3-9,12,17H,10-11,19,22H2,1-2H3. The minimum Gasteiger partial charge on any atom is -0.477 e. The summed E-state index contributed by atoms with van der Waals surface area (Å²) in [4.78, 5) is 3.36. The number of thioether (sulfide) groups is 1. The van der Waals surface area contributed by atoms with Gasteiger partial charge in [-0.15, -0.1) is 0 Å². The second-order valence-corrected chi connectivity index (χ2v) is 7.10. The average Bonchev–Trinajstić information content (AvgIpc) is 2.55. The summed E-state index contributed by atoms with van der Waals surface area (Å²) < 4.78 is 6.19. The first-order valence-corrected chi connectivity index (χ1v) is 9.10. The van der Waals surface area contributed by atoms with Crippen molar-refractivity contribution < 1.29 is 4.74 Å². The predicted octanol–water partition coefficient (Wildman–Crippen LogP) is 2.84. The third-order valence-electron chi connectivity index (χ3n) is 3.31. The van der Waals surface area contributed by atoms with Gasteiger partial charge >= 0.3 is 0 Å². The molecule has 6 heteroatoms. The molecule has 3 nitrogen and oxygen atoms in total. The molecule has 0 amide bonds. The molecule has 2 unspecified atom stereocenters. The molecule has 0 aliphatic heterocycles. The molecule has 0 spiro atoms. The summed E-state index contributed by atoms with van der Waals surface area (Å²) in [5.41, 5.74) is 7.88. The van der Waals surface area contributed by atoms with Crippen LogP contribution in [0, 0.1) is 0 Å². The fourth-order valence-corrected chi connectivity index (χ4v) is 3.28. The van der Waals surface area contributed by atoms with Gasteiger partial charge < -0.3 is 15.4 Å². The van der Waals surface area contributed by atoms with Crippen LogP contribution in [0.25, 0.3) is 0 Å². The molecule has 2 rings (SSSR count). The Bertz CT molecular complexity index is 613. The molecule has 0 saturated heterocycles. The van der Waals surface area contributed by atoms with Gasteiger partial charge in [0.15, 0.2) is 7.00 Å². The summed E-state index contributed by atoms with van der Waals surface area (Å²) in [5, 5.41) is 0. The lowest BCUT2D eigenvalue weighted by Crippen LogP contribution is -2.22. The molecule has 2 aromatic carbocycles. The lowest BCUT2D eigenvalue weighted by Gasteiger charge is -2.21. The predicted molar refractivity (Wildman–Crippen MR) is 106 cm³/mol. The van der Waals surface area contributed by atoms with E-state index in [4.69, 9.17) is 10.5 Å². The molecule has 0 aliphatic carbocycles.